The van der Waals surface area contributed by atoms with Crippen molar-refractivity contribution < 1.29 is 19.4 Å². The van der Waals surface area contributed by atoms with Gasteiger partial charge < -0.3 is 9.84 Å². The van der Waals surface area contributed by atoms with Crippen molar-refractivity contribution in [3.8, 4) is 0 Å². The summed E-state index contributed by atoms with van der Waals surface area (Å²) in [6.07, 6.45) is 0.738. The van der Waals surface area contributed by atoms with Crippen molar-refractivity contribution in [2.24, 2.45) is 0 Å². The molecule has 82 valence electrons. The fourth-order valence-electron chi connectivity index (χ4n) is 0.854. The van der Waals surface area contributed by atoms with Crippen LogP contribution in [-0.4, -0.2) is 27.9 Å². The predicted molar refractivity (Wildman–Crippen MR) is 55.1 cm³/mol. The Morgan fingerprint density at radius 3 is 2.43 bits per heavy atom. The molecule has 5 heteroatoms. The van der Waals surface area contributed by atoms with Gasteiger partial charge in [-0.2, -0.15) is 0 Å². The number of esters is 1. The maximum absolute atomic E-state index is 11.3. The van der Waals surface area contributed by atoms with Crippen LogP contribution in [0.15, 0.2) is 0 Å². The average molecular weight is 220 g/mol. The fourth-order valence-corrected chi connectivity index (χ4v) is 0.950. The highest BCUT2D eigenvalue weighted by Crippen LogP contribution is 2.13. The molecule has 0 heterocycles. The number of carbonyl (C=O) groups is 2. The monoisotopic (exact) mass is 220 g/mol. The second-order valence-corrected chi connectivity index (χ2v) is 3.98. The second kappa shape index (κ2) is 5.36. The van der Waals surface area contributed by atoms with Crippen molar-refractivity contribution >= 4 is 24.4 Å². The van der Waals surface area contributed by atoms with Gasteiger partial charge in [-0.15, -0.1) is 12.6 Å². The summed E-state index contributed by atoms with van der Waals surface area (Å²) in [5.41, 5.74) is -2.68. The number of ether oxygens (including phenoxy) is 1. The minimum Gasteiger partial charge on any atom is -0.449 e. The van der Waals surface area contributed by atoms with Gasteiger partial charge in [-0.1, -0.05) is 6.92 Å². The molecule has 0 amide bonds. The van der Waals surface area contributed by atoms with E-state index >= 15 is 0 Å². The van der Waals surface area contributed by atoms with Crippen LogP contribution in [0.5, 0.6) is 0 Å². The van der Waals surface area contributed by atoms with E-state index in [1.807, 2.05) is 0 Å². The van der Waals surface area contributed by atoms with E-state index in [1.165, 1.54) is 6.92 Å². The zero-order valence-electron chi connectivity index (χ0n) is 8.61. The topological polar surface area (TPSA) is 63.6 Å². The van der Waals surface area contributed by atoms with Crippen molar-refractivity contribution in [2.75, 3.05) is 0 Å². The third-order valence-electron chi connectivity index (χ3n) is 1.70. The molecule has 0 aliphatic carbocycles. The summed E-state index contributed by atoms with van der Waals surface area (Å²) in [5.74, 6) is -1.47. The number of rotatable bonds is 5. The molecule has 0 bridgehead atoms. The zero-order valence-corrected chi connectivity index (χ0v) is 9.51. The van der Waals surface area contributed by atoms with Crippen LogP contribution in [0.1, 0.15) is 33.6 Å². The Kier molecular flexibility index (Phi) is 5.15. The predicted octanol–water partition coefficient (Wildman–Crippen LogP) is 0.926. The van der Waals surface area contributed by atoms with Crippen molar-refractivity contribution in [2.45, 2.75) is 44.6 Å². The molecule has 0 saturated heterocycles. The standard InChI is InChI=1S/C9H16O4S/c1-4-5-7(10)9(3,12)8(11)13-6(2)14/h6,12,14H,4-5H2,1-3H3. The first kappa shape index (κ1) is 13.4. The number of Topliss-reactive ketones (excluding diaryl/α,β-unsaturated/α-hetero) is 1. The summed E-state index contributed by atoms with van der Waals surface area (Å²) in [6, 6.07) is 0. The number of hydrogen-bond acceptors (Lipinski definition) is 5. The maximum atomic E-state index is 11.3. The Morgan fingerprint density at radius 2 is 2.07 bits per heavy atom. The summed E-state index contributed by atoms with van der Waals surface area (Å²) in [7, 11) is 0. The second-order valence-electron chi connectivity index (χ2n) is 3.25. The van der Waals surface area contributed by atoms with E-state index in [-0.39, 0.29) is 6.42 Å². The quantitative estimate of drug-likeness (QED) is 0.313. The van der Waals surface area contributed by atoms with Crippen molar-refractivity contribution in [1.29, 1.82) is 0 Å². The Morgan fingerprint density at radius 1 is 1.57 bits per heavy atom. The Hall–Kier alpha value is -0.550. The number of carbonyl (C=O) groups excluding carboxylic acids is 2. The van der Waals surface area contributed by atoms with Gasteiger partial charge in [0.15, 0.2) is 5.78 Å². The van der Waals surface area contributed by atoms with Crippen LogP contribution in [0.25, 0.3) is 0 Å². The van der Waals surface area contributed by atoms with Gasteiger partial charge in [-0.3, -0.25) is 4.79 Å². The molecule has 0 aliphatic rings. The first-order chi connectivity index (χ1) is 6.32. The molecule has 2 atom stereocenters. The summed E-state index contributed by atoms with van der Waals surface area (Å²) in [5, 5.41) is 9.57. The van der Waals surface area contributed by atoms with Gasteiger partial charge in [0, 0.05) is 6.42 Å². The number of hydrogen-bond donors (Lipinski definition) is 2. The van der Waals surface area contributed by atoms with Gasteiger partial charge in [0.25, 0.3) is 0 Å². The van der Waals surface area contributed by atoms with Gasteiger partial charge in [-0.05, 0) is 20.3 Å². The molecule has 0 saturated carbocycles. The highest BCUT2D eigenvalue weighted by Gasteiger charge is 2.39. The number of thiol groups is 1. The van der Waals surface area contributed by atoms with Crippen LogP contribution in [-0.2, 0) is 14.3 Å². The lowest BCUT2D eigenvalue weighted by Gasteiger charge is -2.20. The molecular formula is C9H16O4S. The van der Waals surface area contributed by atoms with Crippen LogP contribution in [0, 0.1) is 0 Å². The summed E-state index contributed by atoms with van der Waals surface area (Å²) >= 11 is 3.82. The molecule has 0 rings (SSSR count). The molecule has 2 unspecified atom stereocenters. The minimum atomic E-state index is -2.05. The lowest BCUT2D eigenvalue weighted by Crippen LogP contribution is -2.45. The Bertz CT molecular complexity index is 223. The highest BCUT2D eigenvalue weighted by molar-refractivity contribution is 7.80. The fraction of sp³-hybridized carbons (Fsp3) is 0.778. The van der Waals surface area contributed by atoms with Gasteiger partial charge >= 0.3 is 5.97 Å². The van der Waals surface area contributed by atoms with Crippen LogP contribution in [0.3, 0.4) is 0 Å². The maximum Gasteiger partial charge on any atom is 0.346 e. The van der Waals surface area contributed by atoms with Crippen LogP contribution in [0.2, 0.25) is 0 Å². The van der Waals surface area contributed by atoms with Crippen LogP contribution in [0.4, 0.5) is 0 Å². The summed E-state index contributed by atoms with van der Waals surface area (Å²) in [4.78, 5) is 22.6. The van der Waals surface area contributed by atoms with E-state index in [4.69, 9.17) is 0 Å². The summed E-state index contributed by atoms with van der Waals surface area (Å²) < 4.78 is 4.64. The molecule has 0 fully saturated rings. The van der Waals surface area contributed by atoms with E-state index in [9.17, 15) is 14.7 Å². The Labute approximate surface area is 89.0 Å². The molecule has 0 aromatic carbocycles. The largest absolute Gasteiger partial charge is 0.449 e. The van der Waals surface area contributed by atoms with E-state index in [0.717, 1.165) is 6.92 Å². The van der Waals surface area contributed by atoms with Crippen molar-refractivity contribution in [3.63, 3.8) is 0 Å². The highest BCUT2D eigenvalue weighted by atomic mass is 32.1. The number of aliphatic hydroxyl groups is 1. The molecule has 0 spiro atoms. The first-order valence-electron chi connectivity index (χ1n) is 4.47. The van der Waals surface area contributed by atoms with Gasteiger partial charge in [0.1, 0.15) is 5.44 Å². The lowest BCUT2D eigenvalue weighted by atomic mass is 9.98. The van der Waals surface area contributed by atoms with E-state index in [0.29, 0.717) is 6.42 Å². The number of ketones is 1. The first-order valence-corrected chi connectivity index (χ1v) is 4.98. The normalized spacial score (nSPS) is 16.9. The molecule has 0 radical (unpaired) electrons. The van der Waals surface area contributed by atoms with E-state index < -0.39 is 22.8 Å². The molecule has 1 N–H and O–H groups in total. The third kappa shape index (κ3) is 3.67. The van der Waals surface area contributed by atoms with Crippen LogP contribution >= 0.6 is 12.6 Å². The Balaban J connectivity index is 4.44. The van der Waals surface area contributed by atoms with Crippen molar-refractivity contribution in [1.82, 2.24) is 0 Å². The third-order valence-corrected chi connectivity index (χ3v) is 1.80. The lowest BCUT2D eigenvalue weighted by molar-refractivity contribution is -0.169. The average Bonchev–Trinajstić information content (AvgIpc) is 2.03. The van der Waals surface area contributed by atoms with Gasteiger partial charge in [0.2, 0.25) is 5.60 Å². The molecule has 4 nitrogen and oxygen atoms in total. The van der Waals surface area contributed by atoms with Gasteiger partial charge in [-0.25, -0.2) is 4.79 Å². The van der Waals surface area contributed by atoms with Gasteiger partial charge in [0.05, 0.1) is 0 Å². The molecule has 14 heavy (non-hydrogen) atoms. The zero-order chi connectivity index (χ0) is 11.4. The van der Waals surface area contributed by atoms with E-state index in [1.54, 1.807) is 6.92 Å². The summed E-state index contributed by atoms with van der Waals surface area (Å²) in [6.45, 7) is 4.46. The molecule has 0 aliphatic heterocycles. The smallest absolute Gasteiger partial charge is 0.346 e. The SMILES string of the molecule is CCCC(=O)C(C)(O)C(=O)OC(C)S. The molecule has 0 aromatic heterocycles. The minimum absolute atomic E-state index is 0.156. The van der Waals surface area contributed by atoms with E-state index in [2.05, 4.69) is 17.4 Å². The molecule has 0 aromatic rings. The molecular weight excluding hydrogens is 204 g/mol. The van der Waals surface area contributed by atoms with Crippen molar-refractivity contribution in [3.05, 3.63) is 0 Å². The van der Waals surface area contributed by atoms with Crippen LogP contribution < -0.4 is 0 Å².